The standard InChI is InChI=1S/C25H19ClF2N2O4/c1-11-9-14(13(3)29-18-7-8-19(26)30-21(18)25(32)33)24-15(10-11)22(31)12(2)23(34-24)20-16(27)5-4-6-17(20)28/h4-10,13,29H,1-3H3,(H,32,33)/t13-/m1/s1. The molecular formula is C25H19ClF2N2O4. The van der Waals surface area contributed by atoms with Gasteiger partial charge >= 0.3 is 5.97 Å². The molecule has 2 heterocycles. The van der Waals surface area contributed by atoms with E-state index in [-0.39, 0.29) is 38.8 Å². The van der Waals surface area contributed by atoms with Crippen molar-refractivity contribution in [2.45, 2.75) is 26.8 Å². The molecule has 1 atom stereocenters. The zero-order valence-corrected chi connectivity index (χ0v) is 19.1. The molecule has 0 aliphatic rings. The van der Waals surface area contributed by atoms with Gasteiger partial charge in [-0.3, -0.25) is 4.79 Å². The third kappa shape index (κ3) is 4.12. The summed E-state index contributed by atoms with van der Waals surface area (Å²) in [7, 11) is 0. The average Bonchev–Trinajstić information content (AvgIpc) is 2.78. The molecule has 2 aromatic heterocycles. The number of carbonyl (C=O) groups is 1. The van der Waals surface area contributed by atoms with E-state index in [2.05, 4.69) is 10.3 Å². The van der Waals surface area contributed by atoms with Crippen molar-refractivity contribution in [3.05, 3.63) is 91.9 Å². The van der Waals surface area contributed by atoms with Crippen LogP contribution in [0.3, 0.4) is 0 Å². The number of fused-ring (bicyclic) bond motifs is 1. The van der Waals surface area contributed by atoms with Gasteiger partial charge in [0.25, 0.3) is 0 Å². The number of benzene rings is 2. The summed E-state index contributed by atoms with van der Waals surface area (Å²) in [5.74, 6) is -3.19. The quantitative estimate of drug-likeness (QED) is 0.324. The van der Waals surface area contributed by atoms with Crippen LogP contribution in [-0.4, -0.2) is 16.1 Å². The number of aromatic nitrogens is 1. The summed E-state index contributed by atoms with van der Waals surface area (Å²) in [6, 6.07) is 9.14. The van der Waals surface area contributed by atoms with Crippen LogP contribution >= 0.6 is 11.6 Å². The number of anilines is 1. The van der Waals surface area contributed by atoms with E-state index in [9.17, 15) is 23.5 Å². The molecule has 0 radical (unpaired) electrons. The van der Waals surface area contributed by atoms with Crippen molar-refractivity contribution in [3.8, 4) is 11.3 Å². The van der Waals surface area contributed by atoms with Crippen molar-refractivity contribution in [1.82, 2.24) is 4.98 Å². The number of aryl methyl sites for hydroxylation is 1. The third-order valence-corrected chi connectivity index (χ3v) is 5.69. The number of pyridine rings is 1. The second kappa shape index (κ2) is 8.87. The largest absolute Gasteiger partial charge is 0.476 e. The Bertz CT molecular complexity index is 1500. The Kier molecular flexibility index (Phi) is 6.10. The molecular weight excluding hydrogens is 466 g/mol. The van der Waals surface area contributed by atoms with Gasteiger partial charge in [0.1, 0.15) is 28.1 Å². The van der Waals surface area contributed by atoms with Gasteiger partial charge in [-0.15, -0.1) is 0 Å². The first kappa shape index (κ1) is 23.4. The molecule has 9 heteroatoms. The van der Waals surface area contributed by atoms with E-state index < -0.39 is 34.6 Å². The Labute approximate surface area is 197 Å². The lowest BCUT2D eigenvalue weighted by Gasteiger charge is -2.19. The van der Waals surface area contributed by atoms with Gasteiger partial charge in [0.05, 0.1) is 22.7 Å². The highest BCUT2D eigenvalue weighted by Crippen LogP contribution is 2.34. The lowest BCUT2D eigenvalue weighted by atomic mass is 9.98. The molecule has 174 valence electrons. The highest BCUT2D eigenvalue weighted by Gasteiger charge is 2.23. The average molecular weight is 485 g/mol. The first-order chi connectivity index (χ1) is 16.1. The highest BCUT2D eigenvalue weighted by atomic mass is 35.5. The van der Waals surface area contributed by atoms with Gasteiger partial charge in [0.2, 0.25) is 0 Å². The lowest BCUT2D eigenvalue weighted by molar-refractivity contribution is 0.0691. The minimum Gasteiger partial charge on any atom is -0.476 e. The second-order valence-electron chi connectivity index (χ2n) is 7.91. The number of carboxylic acids is 1. The third-order valence-electron chi connectivity index (χ3n) is 5.48. The highest BCUT2D eigenvalue weighted by molar-refractivity contribution is 6.29. The van der Waals surface area contributed by atoms with Gasteiger partial charge in [-0.05, 0) is 56.7 Å². The van der Waals surface area contributed by atoms with Crippen molar-refractivity contribution in [2.75, 3.05) is 5.32 Å². The minimum atomic E-state index is -1.27. The molecule has 0 aliphatic heterocycles. The summed E-state index contributed by atoms with van der Waals surface area (Å²) < 4.78 is 35.0. The van der Waals surface area contributed by atoms with E-state index in [1.54, 1.807) is 26.0 Å². The Morgan fingerprint density at radius 1 is 1.15 bits per heavy atom. The maximum absolute atomic E-state index is 14.5. The molecule has 6 nitrogen and oxygen atoms in total. The molecule has 0 bridgehead atoms. The lowest BCUT2D eigenvalue weighted by Crippen LogP contribution is -2.15. The predicted molar refractivity (Wildman–Crippen MR) is 126 cm³/mol. The second-order valence-corrected chi connectivity index (χ2v) is 8.30. The zero-order valence-electron chi connectivity index (χ0n) is 18.4. The first-order valence-corrected chi connectivity index (χ1v) is 10.6. The minimum absolute atomic E-state index is 0.0228. The van der Waals surface area contributed by atoms with Crippen molar-refractivity contribution in [1.29, 1.82) is 0 Å². The maximum Gasteiger partial charge on any atom is 0.356 e. The molecule has 4 aromatic rings. The van der Waals surface area contributed by atoms with E-state index in [1.807, 2.05) is 0 Å². The van der Waals surface area contributed by atoms with Crippen LogP contribution in [0.5, 0.6) is 0 Å². The molecule has 0 aliphatic carbocycles. The topological polar surface area (TPSA) is 92.4 Å². The SMILES string of the molecule is Cc1cc([C@@H](C)Nc2ccc(Cl)nc2C(=O)O)c2oc(-c3c(F)cccc3F)c(C)c(=O)c2c1. The molecule has 2 N–H and O–H groups in total. The van der Waals surface area contributed by atoms with Gasteiger partial charge < -0.3 is 14.8 Å². The van der Waals surface area contributed by atoms with E-state index in [1.165, 1.54) is 25.1 Å². The van der Waals surface area contributed by atoms with E-state index in [0.29, 0.717) is 5.56 Å². The van der Waals surface area contributed by atoms with Crippen LogP contribution in [0.4, 0.5) is 14.5 Å². The zero-order chi connectivity index (χ0) is 24.7. The Morgan fingerprint density at radius 3 is 2.47 bits per heavy atom. The molecule has 34 heavy (non-hydrogen) atoms. The molecule has 2 aromatic carbocycles. The van der Waals surface area contributed by atoms with E-state index in [0.717, 1.165) is 17.7 Å². The fourth-order valence-electron chi connectivity index (χ4n) is 3.87. The van der Waals surface area contributed by atoms with E-state index in [4.69, 9.17) is 16.0 Å². The number of hydrogen-bond donors (Lipinski definition) is 2. The molecule has 4 rings (SSSR count). The van der Waals surface area contributed by atoms with Crippen LogP contribution in [0, 0.1) is 25.5 Å². The first-order valence-electron chi connectivity index (χ1n) is 10.3. The number of aromatic carboxylic acids is 1. The number of nitrogens with zero attached hydrogens (tertiary/aromatic N) is 1. The van der Waals surface area contributed by atoms with Crippen molar-refractivity contribution in [2.24, 2.45) is 0 Å². The molecule has 0 unspecified atom stereocenters. The molecule has 0 saturated heterocycles. The summed E-state index contributed by atoms with van der Waals surface area (Å²) in [5.41, 5.74) is 0.534. The molecule has 0 fully saturated rings. The van der Waals surface area contributed by atoms with Crippen LogP contribution < -0.4 is 10.7 Å². The number of nitrogens with one attached hydrogen (secondary N) is 1. The monoisotopic (exact) mass is 484 g/mol. The van der Waals surface area contributed by atoms with Gasteiger partial charge in [-0.2, -0.15) is 0 Å². The normalized spacial score (nSPS) is 12.1. The van der Waals surface area contributed by atoms with Crippen LogP contribution in [-0.2, 0) is 0 Å². The summed E-state index contributed by atoms with van der Waals surface area (Å²) >= 11 is 5.83. The van der Waals surface area contributed by atoms with Gasteiger partial charge in [0, 0.05) is 11.1 Å². The number of rotatable bonds is 5. The van der Waals surface area contributed by atoms with E-state index >= 15 is 0 Å². The van der Waals surface area contributed by atoms with Crippen molar-refractivity contribution < 1.29 is 23.1 Å². The van der Waals surface area contributed by atoms with Gasteiger partial charge in [-0.1, -0.05) is 23.7 Å². The summed E-state index contributed by atoms with van der Waals surface area (Å²) in [6.07, 6.45) is 0. The Morgan fingerprint density at radius 2 is 1.82 bits per heavy atom. The summed E-state index contributed by atoms with van der Waals surface area (Å²) in [5, 5.41) is 12.8. The van der Waals surface area contributed by atoms with Crippen LogP contribution in [0.25, 0.3) is 22.3 Å². The number of halogens is 3. The molecule has 0 saturated carbocycles. The Hall–Kier alpha value is -3.78. The number of carboxylic acid groups (broad SMARTS) is 1. The number of hydrogen-bond acceptors (Lipinski definition) is 5. The van der Waals surface area contributed by atoms with Crippen LogP contribution in [0.1, 0.15) is 40.1 Å². The van der Waals surface area contributed by atoms with Crippen LogP contribution in [0.15, 0.2) is 51.7 Å². The van der Waals surface area contributed by atoms with Crippen LogP contribution in [0.2, 0.25) is 5.15 Å². The Balaban J connectivity index is 1.93. The smallest absolute Gasteiger partial charge is 0.356 e. The summed E-state index contributed by atoms with van der Waals surface area (Å²) in [6.45, 7) is 4.98. The molecule has 0 spiro atoms. The van der Waals surface area contributed by atoms with Gasteiger partial charge in [-0.25, -0.2) is 18.6 Å². The van der Waals surface area contributed by atoms with Gasteiger partial charge in [0.15, 0.2) is 11.1 Å². The predicted octanol–water partition coefficient (Wildman–Crippen LogP) is 6.27. The maximum atomic E-state index is 14.5. The fourth-order valence-corrected chi connectivity index (χ4v) is 4.02. The van der Waals surface area contributed by atoms with Crippen molar-refractivity contribution >= 4 is 34.2 Å². The molecule has 0 amide bonds. The fraction of sp³-hybridized carbons (Fsp3) is 0.160. The summed E-state index contributed by atoms with van der Waals surface area (Å²) in [4.78, 5) is 28.6. The van der Waals surface area contributed by atoms with Crippen molar-refractivity contribution in [3.63, 3.8) is 0 Å².